The largest absolute Gasteiger partial charge is 0.336 e. The molecule has 1 aliphatic heterocycles. The van der Waals surface area contributed by atoms with Crippen molar-refractivity contribution in [2.45, 2.75) is 39.2 Å². The van der Waals surface area contributed by atoms with Crippen molar-refractivity contribution in [3.8, 4) is 0 Å². The predicted octanol–water partition coefficient (Wildman–Crippen LogP) is 3.15. The molecular formula is C14H18FNO. The Hall–Kier alpha value is -1.38. The van der Waals surface area contributed by atoms with Crippen molar-refractivity contribution in [1.82, 2.24) is 4.90 Å². The van der Waals surface area contributed by atoms with E-state index < -0.39 is 5.82 Å². The Labute approximate surface area is 101 Å². The summed E-state index contributed by atoms with van der Waals surface area (Å²) in [6.07, 6.45) is 3.01. The summed E-state index contributed by atoms with van der Waals surface area (Å²) < 4.78 is 13.7. The summed E-state index contributed by atoms with van der Waals surface area (Å²) in [6.45, 7) is 4.70. The molecule has 1 aromatic carbocycles. The number of hydrogen-bond acceptors (Lipinski definition) is 1. The lowest BCUT2D eigenvalue weighted by atomic mass is 10.1. The minimum absolute atomic E-state index is 0.157. The number of nitrogens with zero attached hydrogens (tertiary/aromatic N) is 1. The lowest BCUT2D eigenvalue weighted by Gasteiger charge is -2.24. The van der Waals surface area contributed by atoms with Gasteiger partial charge in [0.15, 0.2) is 0 Å². The zero-order chi connectivity index (χ0) is 12.4. The Balaban J connectivity index is 2.27. The molecule has 1 fully saturated rings. The molecule has 1 aromatic rings. The van der Waals surface area contributed by atoms with Gasteiger partial charge in [0.25, 0.3) is 5.91 Å². The Morgan fingerprint density at radius 2 is 2.29 bits per heavy atom. The van der Waals surface area contributed by atoms with Crippen LogP contribution in [0.4, 0.5) is 4.39 Å². The number of likely N-dealkylation sites (tertiary alicyclic amines) is 1. The Morgan fingerprint density at radius 3 is 3.00 bits per heavy atom. The average molecular weight is 235 g/mol. The van der Waals surface area contributed by atoms with Crippen molar-refractivity contribution in [1.29, 1.82) is 0 Å². The van der Waals surface area contributed by atoms with Crippen molar-refractivity contribution in [2.75, 3.05) is 6.54 Å². The molecule has 0 spiro atoms. The molecule has 0 radical (unpaired) electrons. The number of rotatable bonds is 2. The number of halogens is 1. The zero-order valence-electron chi connectivity index (χ0n) is 10.4. The summed E-state index contributed by atoms with van der Waals surface area (Å²) in [5.41, 5.74) is 1.13. The number of aryl methyl sites for hydroxylation is 1. The Bertz CT molecular complexity index is 430. The van der Waals surface area contributed by atoms with Crippen molar-refractivity contribution >= 4 is 5.91 Å². The topological polar surface area (TPSA) is 20.3 Å². The highest BCUT2D eigenvalue weighted by atomic mass is 19.1. The van der Waals surface area contributed by atoms with E-state index in [0.717, 1.165) is 31.4 Å². The molecule has 1 saturated heterocycles. The first-order valence-electron chi connectivity index (χ1n) is 6.20. The summed E-state index contributed by atoms with van der Waals surface area (Å²) >= 11 is 0. The second-order valence-electron chi connectivity index (χ2n) is 4.69. The maximum Gasteiger partial charge on any atom is 0.257 e. The molecule has 0 aromatic heterocycles. The van der Waals surface area contributed by atoms with Gasteiger partial charge in [-0.25, -0.2) is 4.39 Å². The van der Waals surface area contributed by atoms with Gasteiger partial charge in [0.2, 0.25) is 0 Å². The molecule has 1 amide bonds. The van der Waals surface area contributed by atoms with Gasteiger partial charge in [-0.1, -0.05) is 18.6 Å². The second-order valence-corrected chi connectivity index (χ2v) is 4.69. The van der Waals surface area contributed by atoms with Gasteiger partial charge in [-0.3, -0.25) is 4.79 Å². The summed E-state index contributed by atoms with van der Waals surface area (Å²) in [5, 5.41) is 0. The fraction of sp³-hybridized carbons (Fsp3) is 0.500. The Morgan fingerprint density at radius 1 is 1.53 bits per heavy atom. The van der Waals surface area contributed by atoms with Crippen LogP contribution in [-0.2, 0) is 0 Å². The number of carbonyl (C=O) groups is 1. The van der Waals surface area contributed by atoms with Crippen LogP contribution in [0.2, 0.25) is 0 Å². The first kappa shape index (κ1) is 12.1. The SMILES string of the molecule is CCC1CCCN1C(=O)c1cc(C)ccc1F. The molecule has 0 aliphatic carbocycles. The van der Waals surface area contributed by atoms with Crippen LogP contribution in [0.15, 0.2) is 18.2 Å². The maximum atomic E-state index is 13.7. The zero-order valence-corrected chi connectivity index (χ0v) is 10.4. The van der Waals surface area contributed by atoms with E-state index in [0.29, 0.717) is 0 Å². The van der Waals surface area contributed by atoms with Gasteiger partial charge in [0.05, 0.1) is 5.56 Å². The number of carbonyl (C=O) groups excluding carboxylic acids is 1. The summed E-state index contributed by atoms with van der Waals surface area (Å²) in [4.78, 5) is 14.1. The van der Waals surface area contributed by atoms with E-state index >= 15 is 0 Å². The quantitative estimate of drug-likeness (QED) is 0.771. The lowest BCUT2D eigenvalue weighted by molar-refractivity contribution is 0.0729. The average Bonchev–Trinajstić information content (AvgIpc) is 2.79. The van der Waals surface area contributed by atoms with Crippen molar-refractivity contribution in [3.05, 3.63) is 35.1 Å². The van der Waals surface area contributed by atoms with E-state index in [1.54, 1.807) is 12.1 Å². The number of benzene rings is 1. The standard InChI is InChI=1S/C14H18FNO/c1-3-11-5-4-8-16(11)14(17)12-9-10(2)6-7-13(12)15/h6-7,9,11H,3-5,8H2,1-2H3. The first-order valence-corrected chi connectivity index (χ1v) is 6.20. The monoisotopic (exact) mass is 235 g/mol. The number of hydrogen-bond donors (Lipinski definition) is 0. The van der Waals surface area contributed by atoms with E-state index in [9.17, 15) is 9.18 Å². The van der Waals surface area contributed by atoms with Crippen LogP contribution in [0.3, 0.4) is 0 Å². The van der Waals surface area contributed by atoms with Gasteiger partial charge in [0.1, 0.15) is 5.82 Å². The molecule has 92 valence electrons. The minimum atomic E-state index is -0.414. The minimum Gasteiger partial charge on any atom is -0.336 e. The van der Waals surface area contributed by atoms with Crippen LogP contribution in [0.5, 0.6) is 0 Å². The maximum absolute atomic E-state index is 13.7. The van der Waals surface area contributed by atoms with Gasteiger partial charge < -0.3 is 4.90 Å². The van der Waals surface area contributed by atoms with Crippen molar-refractivity contribution in [3.63, 3.8) is 0 Å². The van der Waals surface area contributed by atoms with Crippen LogP contribution in [-0.4, -0.2) is 23.4 Å². The van der Waals surface area contributed by atoms with Crippen molar-refractivity contribution < 1.29 is 9.18 Å². The van der Waals surface area contributed by atoms with E-state index in [1.807, 2.05) is 11.8 Å². The molecule has 0 bridgehead atoms. The van der Waals surface area contributed by atoms with Crippen LogP contribution >= 0.6 is 0 Å². The van der Waals surface area contributed by atoms with Crippen molar-refractivity contribution in [2.24, 2.45) is 0 Å². The predicted molar refractivity (Wildman–Crippen MR) is 65.5 cm³/mol. The summed E-state index contributed by atoms with van der Waals surface area (Å²) in [6, 6.07) is 4.98. The molecule has 3 heteroatoms. The smallest absolute Gasteiger partial charge is 0.257 e. The van der Waals surface area contributed by atoms with Crippen LogP contribution in [0, 0.1) is 12.7 Å². The molecule has 17 heavy (non-hydrogen) atoms. The Kier molecular flexibility index (Phi) is 3.46. The van der Waals surface area contributed by atoms with Crippen LogP contribution in [0.1, 0.15) is 42.1 Å². The summed E-state index contributed by atoms with van der Waals surface area (Å²) in [7, 11) is 0. The molecule has 2 nitrogen and oxygen atoms in total. The molecule has 1 heterocycles. The van der Waals surface area contributed by atoms with Gasteiger partial charge in [-0.05, 0) is 38.3 Å². The van der Waals surface area contributed by atoms with Crippen LogP contribution in [0.25, 0.3) is 0 Å². The van der Waals surface area contributed by atoms with Gasteiger partial charge >= 0.3 is 0 Å². The molecular weight excluding hydrogens is 217 g/mol. The first-order chi connectivity index (χ1) is 8.13. The third-order valence-corrected chi connectivity index (χ3v) is 3.46. The number of amides is 1. The van der Waals surface area contributed by atoms with E-state index in [1.165, 1.54) is 6.07 Å². The molecule has 1 atom stereocenters. The third kappa shape index (κ3) is 2.33. The highest BCUT2D eigenvalue weighted by molar-refractivity contribution is 5.95. The van der Waals surface area contributed by atoms with Crippen LogP contribution < -0.4 is 0 Å². The fourth-order valence-electron chi connectivity index (χ4n) is 2.49. The van der Waals surface area contributed by atoms with Gasteiger partial charge in [0, 0.05) is 12.6 Å². The molecule has 0 saturated carbocycles. The third-order valence-electron chi connectivity index (χ3n) is 3.46. The van der Waals surface area contributed by atoms with E-state index in [-0.39, 0.29) is 17.5 Å². The summed E-state index contributed by atoms with van der Waals surface area (Å²) in [5.74, 6) is -0.571. The normalized spacial score (nSPS) is 19.7. The highest BCUT2D eigenvalue weighted by Crippen LogP contribution is 2.23. The van der Waals surface area contributed by atoms with E-state index in [4.69, 9.17) is 0 Å². The molecule has 1 unspecified atom stereocenters. The van der Waals surface area contributed by atoms with E-state index in [2.05, 4.69) is 6.92 Å². The second kappa shape index (κ2) is 4.86. The van der Waals surface area contributed by atoms with Gasteiger partial charge in [-0.2, -0.15) is 0 Å². The molecule has 1 aliphatic rings. The fourth-order valence-corrected chi connectivity index (χ4v) is 2.49. The molecule has 0 N–H and O–H groups in total. The highest BCUT2D eigenvalue weighted by Gasteiger charge is 2.29. The molecule has 2 rings (SSSR count). The van der Waals surface area contributed by atoms with Gasteiger partial charge in [-0.15, -0.1) is 0 Å². The lowest BCUT2D eigenvalue weighted by Crippen LogP contribution is -2.35.